The van der Waals surface area contributed by atoms with Gasteiger partial charge in [-0.1, -0.05) is 54.3 Å². The fourth-order valence-corrected chi connectivity index (χ4v) is 3.09. The summed E-state index contributed by atoms with van der Waals surface area (Å²) in [6, 6.07) is 10.5. The lowest BCUT2D eigenvalue weighted by Crippen LogP contribution is -2.04. The number of aromatic nitrogens is 2. The molecule has 0 spiro atoms. The Labute approximate surface area is 125 Å². The van der Waals surface area contributed by atoms with E-state index in [1.165, 1.54) is 36.8 Å². The minimum Gasteiger partial charge on any atom is -0.237 e. The molecule has 3 rings (SSSR count). The van der Waals surface area contributed by atoms with Crippen molar-refractivity contribution in [2.24, 2.45) is 0 Å². The van der Waals surface area contributed by atoms with Gasteiger partial charge in [0.25, 0.3) is 0 Å². The molecule has 0 N–H and O–H groups in total. The lowest BCUT2D eigenvalue weighted by molar-refractivity contribution is 0.686. The van der Waals surface area contributed by atoms with Gasteiger partial charge in [-0.3, -0.25) is 0 Å². The van der Waals surface area contributed by atoms with E-state index in [0.717, 1.165) is 17.9 Å². The molecular formula is C17H19ClN2. The fraction of sp³-hybridized carbons (Fsp3) is 0.412. The van der Waals surface area contributed by atoms with Crippen LogP contribution in [0.2, 0.25) is 5.15 Å². The molecule has 20 heavy (non-hydrogen) atoms. The first-order valence-electron chi connectivity index (χ1n) is 7.29. The second kappa shape index (κ2) is 5.92. The third-order valence-corrected chi connectivity index (χ3v) is 4.21. The molecule has 0 unspecified atom stereocenters. The van der Waals surface area contributed by atoms with Gasteiger partial charge >= 0.3 is 0 Å². The minimum absolute atomic E-state index is 0.573. The van der Waals surface area contributed by atoms with E-state index in [1.807, 2.05) is 6.07 Å². The van der Waals surface area contributed by atoms with Crippen molar-refractivity contribution in [3.63, 3.8) is 0 Å². The molecule has 1 saturated carbocycles. The highest BCUT2D eigenvalue weighted by molar-refractivity contribution is 6.29. The van der Waals surface area contributed by atoms with Gasteiger partial charge in [-0.2, -0.15) is 0 Å². The van der Waals surface area contributed by atoms with Crippen molar-refractivity contribution in [2.45, 2.75) is 44.9 Å². The zero-order valence-corrected chi connectivity index (χ0v) is 12.5. The van der Waals surface area contributed by atoms with Crippen LogP contribution in [0.3, 0.4) is 0 Å². The third kappa shape index (κ3) is 3.18. The van der Waals surface area contributed by atoms with Crippen LogP contribution in [0, 0.1) is 6.92 Å². The van der Waals surface area contributed by atoms with Gasteiger partial charge in [0, 0.05) is 18.0 Å². The largest absolute Gasteiger partial charge is 0.237 e. The summed E-state index contributed by atoms with van der Waals surface area (Å²) in [6.07, 6.45) is 5.83. The summed E-state index contributed by atoms with van der Waals surface area (Å²) >= 11 is 6.17. The molecule has 1 aromatic heterocycles. The number of hydrogen-bond acceptors (Lipinski definition) is 2. The smallest absolute Gasteiger partial charge is 0.134 e. The van der Waals surface area contributed by atoms with Crippen LogP contribution in [-0.4, -0.2) is 9.97 Å². The first kappa shape index (κ1) is 13.6. The van der Waals surface area contributed by atoms with Gasteiger partial charge in [-0.25, -0.2) is 9.97 Å². The molecule has 2 nitrogen and oxygen atoms in total. The van der Waals surface area contributed by atoms with Gasteiger partial charge in [0.05, 0.1) is 0 Å². The minimum atomic E-state index is 0.573. The van der Waals surface area contributed by atoms with Gasteiger partial charge in [0.1, 0.15) is 11.0 Å². The monoisotopic (exact) mass is 286 g/mol. The number of aryl methyl sites for hydroxylation is 1. The van der Waals surface area contributed by atoms with E-state index in [2.05, 4.69) is 36.2 Å². The third-order valence-electron chi connectivity index (χ3n) is 4.02. The molecule has 1 aliphatic rings. The van der Waals surface area contributed by atoms with Crippen molar-refractivity contribution in [1.29, 1.82) is 0 Å². The van der Waals surface area contributed by atoms with Crippen LogP contribution in [0.15, 0.2) is 30.3 Å². The Morgan fingerprint density at radius 3 is 2.50 bits per heavy atom. The predicted molar refractivity (Wildman–Crippen MR) is 82.2 cm³/mol. The molecule has 3 heteroatoms. The van der Waals surface area contributed by atoms with Crippen molar-refractivity contribution >= 4 is 11.6 Å². The molecule has 104 valence electrons. The second-order valence-corrected chi connectivity index (χ2v) is 6.06. The number of halogens is 1. The Bertz CT molecular complexity index is 586. The van der Waals surface area contributed by atoms with Gasteiger partial charge in [-0.15, -0.1) is 0 Å². The first-order chi connectivity index (χ1) is 9.70. The number of hydrogen-bond donors (Lipinski definition) is 0. The Morgan fingerprint density at radius 1 is 1.10 bits per heavy atom. The number of benzene rings is 1. The fourth-order valence-electron chi connectivity index (χ4n) is 2.88. The molecule has 0 bridgehead atoms. The Kier molecular flexibility index (Phi) is 4.02. The molecule has 1 fully saturated rings. The second-order valence-electron chi connectivity index (χ2n) is 5.68. The lowest BCUT2D eigenvalue weighted by Gasteiger charge is -2.10. The molecule has 0 saturated heterocycles. The number of nitrogens with zero attached hydrogens (tertiary/aromatic N) is 2. The van der Waals surface area contributed by atoms with Crippen molar-refractivity contribution < 1.29 is 0 Å². The Hall–Kier alpha value is -1.41. The summed E-state index contributed by atoms with van der Waals surface area (Å²) < 4.78 is 0. The molecule has 2 aromatic rings. The van der Waals surface area contributed by atoms with E-state index in [-0.39, 0.29) is 0 Å². The van der Waals surface area contributed by atoms with E-state index in [4.69, 9.17) is 16.6 Å². The summed E-state index contributed by atoms with van der Waals surface area (Å²) in [5, 5.41) is 0.573. The van der Waals surface area contributed by atoms with E-state index in [9.17, 15) is 0 Å². The van der Waals surface area contributed by atoms with Crippen LogP contribution in [0.4, 0.5) is 0 Å². The maximum atomic E-state index is 6.17. The summed E-state index contributed by atoms with van der Waals surface area (Å²) in [6.45, 7) is 2.10. The first-order valence-corrected chi connectivity index (χ1v) is 7.67. The molecule has 1 aromatic carbocycles. The highest BCUT2D eigenvalue weighted by Crippen LogP contribution is 2.33. The van der Waals surface area contributed by atoms with Crippen molar-refractivity contribution in [3.8, 4) is 0 Å². The summed E-state index contributed by atoms with van der Waals surface area (Å²) in [7, 11) is 0. The molecule has 0 radical (unpaired) electrons. The molecule has 1 aliphatic carbocycles. The molecule has 0 amide bonds. The topological polar surface area (TPSA) is 25.8 Å². The Morgan fingerprint density at radius 2 is 1.80 bits per heavy atom. The summed E-state index contributed by atoms with van der Waals surface area (Å²) in [5.74, 6) is 1.41. The van der Waals surface area contributed by atoms with Crippen LogP contribution in [0.5, 0.6) is 0 Å². The van der Waals surface area contributed by atoms with Gasteiger partial charge in [0.2, 0.25) is 0 Å². The molecule has 1 heterocycles. The normalized spacial score (nSPS) is 15.7. The summed E-state index contributed by atoms with van der Waals surface area (Å²) in [5.41, 5.74) is 3.63. The highest BCUT2D eigenvalue weighted by atomic mass is 35.5. The highest BCUT2D eigenvalue weighted by Gasteiger charge is 2.19. The van der Waals surface area contributed by atoms with E-state index in [1.54, 1.807) is 0 Å². The quantitative estimate of drug-likeness (QED) is 0.765. The van der Waals surface area contributed by atoms with E-state index >= 15 is 0 Å². The average Bonchev–Trinajstić information content (AvgIpc) is 2.95. The van der Waals surface area contributed by atoms with Gasteiger partial charge < -0.3 is 0 Å². The van der Waals surface area contributed by atoms with Crippen LogP contribution in [-0.2, 0) is 6.42 Å². The Balaban J connectivity index is 1.83. The van der Waals surface area contributed by atoms with Crippen molar-refractivity contribution in [3.05, 3.63) is 58.1 Å². The van der Waals surface area contributed by atoms with Crippen LogP contribution in [0.1, 0.15) is 54.2 Å². The maximum Gasteiger partial charge on any atom is 0.134 e. The summed E-state index contributed by atoms with van der Waals surface area (Å²) in [4.78, 5) is 9.12. The predicted octanol–water partition coefficient (Wildman–Crippen LogP) is 4.69. The molecular weight excluding hydrogens is 268 g/mol. The van der Waals surface area contributed by atoms with Crippen LogP contribution >= 0.6 is 11.6 Å². The van der Waals surface area contributed by atoms with Crippen molar-refractivity contribution in [1.82, 2.24) is 9.97 Å². The van der Waals surface area contributed by atoms with Crippen molar-refractivity contribution in [2.75, 3.05) is 0 Å². The van der Waals surface area contributed by atoms with Gasteiger partial charge in [0.15, 0.2) is 0 Å². The standard InChI is InChI=1S/C17H19ClN2/c1-12-6-8-13(9-7-12)10-17-19-15(11-16(18)20-17)14-4-2-3-5-14/h6-9,11,14H,2-5,10H2,1H3. The van der Waals surface area contributed by atoms with Crippen LogP contribution in [0.25, 0.3) is 0 Å². The zero-order chi connectivity index (χ0) is 13.9. The SMILES string of the molecule is Cc1ccc(Cc2nc(Cl)cc(C3CCCC3)n2)cc1. The zero-order valence-electron chi connectivity index (χ0n) is 11.8. The molecule has 0 atom stereocenters. The molecule has 0 aliphatic heterocycles. The maximum absolute atomic E-state index is 6.17. The van der Waals surface area contributed by atoms with Crippen LogP contribution < -0.4 is 0 Å². The van der Waals surface area contributed by atoms with Gasteiger partial charge in [-0.05, 0) is 31.4 Å². The lowest BCUT2D eigenvalue weighted by atomic mass is 10.0. The van der Waals surface area contributed by atoms with E-state index < -0.39 is 0 Å². The number of rotatable bonds is 3. The van der Waals surface area contributed by atoms with E-state index in [0.29, 0.717) is 11.1 Å². The average molecular weight is 287 g/mol.